The maximum absolute atomic E-state index is 5.66. The number of aromatic nitrogens is 1. The van der Waals surface area contributed by atoms with Gasteiger partial charge in [-0.15, -0.1) is 0 Å². The number of hydrogen-bond donors (Lipinski definition) is 1. The predicted octanol–water partition coefficient (Wildman–Crippen LogP) is 2.88. The largest absolute Gasteiger partial charge is 0.489 e. The van der Waals surface area contributed by atoms with Crippen molar-refractivity contribution in [2.24, 2.45) is 5.73 Å². The van der Waals surface area contributed by atoms with Crippen LogP contribution in [0.4, 0.5) is 0 Å². The number of nitrogens with two attached hydrogens (primary N) is 1. The van der Waals surface area contributed by atoms with Crippen molar-refractivity contribution in [3.63, 3.8) is 0 Å². The summed E-state index contributed by atoms with van der Waals surface area (Å²) < 4.78 is 6.70. The Labute approximate surface area is 109 Å². The molecule has 0 aliphatic heterocycles. The smallest absolute Gasteiger partial charge is 0.119 e. The number of rotatable bonds is 4. The van der Waals surface area contributed by atoms with Gasteiger partial charge in [0, 0.05) is 17.2 Å². The van der Waals surface area contributed by atoms with Gasteiger partial charge in [-0.1, -0.05) is 15.9 Å². The summed E-state index contributed by atoms with van der Waals surface area (Å²) in [4.78, 5) is 4.14. The van der Waals surface area contributed by atoms with E-state index in [0.29, 0.717) is 13.2 Å². The molecule has 0 fully saturated rings. The van der Waals surface area contributed by atoms with Gasteiger partial charge in [-0.3, -0.25) is 4.98 Å². The molecule has 3 nitrogen and oxygen atoms in total. The summed E-state index contributed by atoms with van der Waals surface area (Å²) in [6, 6.07) is 11.6. The standard InChI is InChI=1S/C13H13BrN2O/c14-11-1-3-13(4-2-11)17-9-10-5-6-16-12(7-10)8-15/h1-7H,8-9,15H2. The molecule has 2 aromatic rings. The summed E-state index contributed by atoms with van der Waals surface area (Å²) in [6.07, 6.45) is 1.75. The molecule has 1 aromatic carbocycles. The molecular formula is C13H13BrN2O. The van der Waals surface area contributed by atoms with Crippen molar-refractivity contribution in [1.82, 2.24) is 4.98 Å². The van der Waals surface area contributed by atoms with Crippen LogP contribution >= 0.6 is 15.9 Å². The van der Waals surface area contributed by atoms with Gasteiger partial charge in [0.15, 0.2) is 0 Å². The molecule has 0 amide bonds. The molecule has 0 saturated carbocycles. The molecule has 2 N–H and O–H groups in total. The quantitative estimate of drug-likeness (QED) is 0.943. The molecule has 0 spiro atoms. The lowest BCUT2D eigenvalue weighted by molar-refractivity contribution is 0.306. The summed E-state index contributed by atoms with van der Waals surface area (Å²) in [6.45, 7) is 0.975. The van der Waals surface area contributed by atoms with Gasteiger partial charge in [-0.2, -0.15) is 0 Å². The first-order valence-electron chi connectivity index (χ1n) is 5.30. The minimum atomic E-state index is 0.451. The number of halogens is 1. The zero-order chi connectivity index (χ0) is 12.1. The van der Waals surface area contributed by atoms with Crippen LogP contribution in [-0.2, 0) is 13.2 Å². The van der Waals surface area contributed by atoms with E-state index in [1.165, 1.54) is 0 Å². The molecule has 0 unspecified atom stereocenters. The first-order valence-corrected chi connectivity index (χ1v) is 6.09. The van der Waals surface area contributed by atoms with Gasteiger partial charge >= 0.3 is 0 Å². The second-order valence-corrected chi connectivity index (χ2v) is 4.52. The number of pyridine rings is 1. The summed E-state index contributed by atoms with van der Waals surface area (Å²) in [5.74, 6) is 0.847. The Morgan fingerprint density at radius 3 is 2.65 bits per heavy atom. The first kappa shape index (κ1) is 12.1. The van der Waals surface area contributed by atoms with Gasteiger partial charge in [0.2, 0.25) is 0 Å². The van der Waals surface area contributed by atoms with E-state index in [9.17, 15) is 0 Å². The predicted molar refractivity (Wildman–Crippen MR) is 70.6 cm³/mol. The highest BCUT2D eigenvalue weighted by atomic mass is 79.9. The Bertz CT molecular complexity index is 485. The fourth-order valence-electron chi connectivity index (χ4n) is 1.43. The van der Waals surface area contributed by atoms with Gasteiger partial charge in [-0.05, 0) is 42.0 Å². The molecule has 2 rings (SSSR count). The van der Waals surface area contributed by atoms with Crippen LogP contribution in [0, 0.1) is 0 Å². The van der Waals surface area contributed by atoms with E-state index < -0.39 is 0 Å². The van der Waals surface area contributed by atoms with E-state index in [0.717, 1.165) is 21.5 Å². The lowest BCUT2D eigenvalue weighted by atomic mass is 10.2. The van der Waals surface area contributed by atoms with Gasteiger partial charge in [-0.25, -0.2) is 0 Å². The van der Waals surface area contributed by atoms with Crippen LogP contribution < -0.4 is 10.5 Å². The molecule has 17 heavy (non-hydrogen) atoms. The van der Waals surface area contributed by atoms with Gasteiger partial charge < -0.3 is 10.5 Å². The second kappa shape index (κ2) is 5.80. The fourth-order valence-corrected chi connectivity index (χ4v) is 1.69. The third-order valence-corrected chi connectivity index (χ3v) is 2.84. The Hall–Kier alpha value is -1.39. The summed E-state index contributed by atoms with van der Waals surface area (Å²) in [5.41, 5.74) is 7.48. The summed E-state index contributed by atoms with van der Waals surface area (Å²) in [5, 5.41) is 0. The van der Waals surface area contributed by atoms with Crippen LogP contribution in [0.25, 0.3) is 0 Å². The van der Waals surface area contributed by atoms with Crippen molar-refractivity contribution in [2.45, 2.75) is 13.2 Å². The van der Waals surface area contributed by atoms with Crippen LogP contribution in [-0.4, -0.2) is 4.98 Å². The molecule has 1 heterocycles. The van der Waals surface area contributed by atoms with Crippen LogP contribution in [0.3, 0.4) is 0 Å². The van der Waals surface area contributed by atoms with E-state index in [1.54, 1.807) is 6.20 Å². The van der Waals surface area contributed by atoms with Gasteiger partial charge in [0.25, 0.3) is 0 Å². The topological polar surface area (TPSA) is 48.1 Å². The second-order valence-electron chi connectivity index (χ2n) is 3.60. The lowest BCUT2D eigenvalue weighted by Crippen LogP contribution is -2.02. The Balaban J connectivity index is 1.99. The molecule has 88 valence electrons. The molecule has 0 saturated heterocycles. The van der Waals surface area contributed by atoms with Crippen molar-refractivity contribution < 1.29 is 4.74 Å². The minimum Gasteiger partial charge on any atom is -0.489 e. The average Bonchev–Trinajstić information content (AvgIpc) is 2.38. The minimum absolute atomic E-state index is 0.451. The monoisotopic (exact) mass is 292 g/mol. The molecule has 0 aliphatic rings. The van der Waals surface area contributed by atoms with E-state index in [-0.39, 0.29) is 0 Å². The van der Waals surface area contributed by atoms with Crippen molar-refractivity contribution in [3.8, 4) is 5.75 Å². The number of ether oxygens (including phenoxy) is 1. The lowest BCUT2D eigenvalue weighted by Gasteiger charge is -2.07. The molecule has 0 aliphatic carbocycles. The van der Waals surface area contributed by atoms with E-state index in [1.807, 2.05) is 36.4 Å². The first-order chi connectivity index (χ1) is 8.28. The van der Waals surface area contributed by atoms with Crippen LogP contribution in [0.5, 0.6) is 5.75 Å². The van der Waals surface area contributed by atoms with E-state index >= 15 is 0 Å². The third kappa shape index (κ3) is 3.54. The maximum Gasteiger partial charge on any atom is 0.119 e. The SMILES string of the molecule is NCc1cc(COc2ccc(Br)cc2)ccn1. The van der Waals surface area contributed by atoms with E-state index in [4.69, 9.17) is 10.5 Å². The van der Waals surface area contributed by atoms with Crippen molar-refractivity contribution in [1.29, 1.82) is 0 Å². The van der Waals surface area contributed by atoms with Crippen LogP contribution in [0.15, 0.2) is 47.1 Å². The molecule has 4 heteroatoms. The highest BCUT2D eigenvalue weighted by molar-refractivity contribution is 9.10. The van der Waals surface area contributed by atoms with Crippen molar-refractivity contribution in [3.05, 3.63) is 58.3 Å². The average molecular weight is 293 g/mol. The number of benzene rings is 1. The summed E-state index contributed by atoms with van der Waals surface area (Å²) in [7, 11) is 0. The van der Waals surface area contributed by atoms with Gasteiger partial charge in [0.1, 0.15) is 12.4 Å². The Kier molecular flexibility index (Phi) is 4.12. The third-order valence-electron chi connectivity index (χ3n) is 2.31. The maximum atomic E-state index is 5.66. The molecule has 0 atom stereocenters. The van der Waals surface area contributed by atoms with E-state index in [2.05, 4.69) is 20.9 Å². The van der Waals surface area contributed by atoms with Crippen molar-refractivity contribution in [2.75, 3.05) is 0 Å². The van der Waals surface area contributed by atoms with Crippen molar-refractivity contribution >= 4 is 15.9 Å². The highest BCUT2D eigenvalue weighted by Gasteiger charge is 1.98. The van der Waals surface area contributed by atoms with Crippen LogP contribution in [0.1, 0.15) is 11.3 Å². The molecular weight excluding hydrogens is 280 g/mol. The highest BCUT2D eigenvalue weighted by Crippen LogP contribution is 2.17. The van der Waals surface area contributed by atoms with Crippen LogP contribution in [0.2, 0.25) is 0 Å². The molecule has 0 radical (unpaired) electrons. The summed E-state index contributed by atoms with van der Waals surface area (Å²) >= 11 is 3.38. The normalized spacial score (nSPS) is 10.2. The Morgan fingerprint density at radius 2 is 1.94 bits per heavy atom. The molecule has 1 aromatic heterocycles. The number of nitrogens with zero attached hydrogens (tertiary/aromatic N) is 1. The fraction of sp³-hybridized carbons (Fsp3) is 0.154. The number of hydrogen-bond acceptors (Lipinski definition) is 3. The Morgan fingerprint density at radius 1 is 1.18 bits per heavy atom. The van der Waals surface area contributed by atoms with Gasteiger partial charge in [0.05, 0.1) is 5.69 Å². The zero-order valence-corrected chi connectivity index (χ0v) is 10.9. The molecule has 0 bridgehead atoms. The zero-order valence-electron chi connectivity index (χ0n) is 9.27.